The number of hydrogen-bond donors (Lipinski definition) is 0. The van der Waals surface area contributed by atoms with Crippen LogP contribution in [-0.2, 0) is 4.84 Å². The summed E-state index contributed by atoms with van der Waals surface area (Å²) in [5, 5.41) is 3.75. The van der Waals surface area contributed by atoms with Gasteiger partial charge in [-0.2, -0.15) is 0 Å². The molecule has 7 nitrogen and oxygen atoms in total. The predicted molar refractivity (Wildman–Crippen MR) is 115 cm³/mol. The van der Waals surface area contributed by atoms with E-state index in [1.165, 1.54) is 6.07 Å². The number of carbonyl (C=O) groups excluding carboxylic acids is 1. The van der Waals surface area contributed by atoms with Crippen molar-refractivity contribution < 1.29 is 14.0 Å². The maximum atomic E-state index is 14.6. The van der Waals surface area contributed by atoms with E-state index in [1.54, 1.807) is 18.3 Å². The van der Waals surface area contributed by atoms with Crippen LogP contribution in [0.15, 0.2) is 23.4 Å². The first-order valence-electron chi connectivity index (χ1n) is 10.8. The molecule has 1 aromatic heterocycles. The van der Waals surface area contributed by atoms with Gasteiger partial charge in [0.15, 0.2) is 6.10 Å². The number of aromatic nitrogens is 2. The lowest BCUT2D eigenvalue weighted by Crippen LogP contribution is -2.66. The van der Waals surface area contributed by atoms with E-state index in [2.05, 4.69) is 20.0 Å². The van der Waals surface area contributed by atoms with Crippen LogP contribution >= 0.6 is 0 Å². The number of oxime groups is 1. The molecule has 3 aliphatic rings. The van der Waals surface area contributed by atoms with E-state index >= 15 is 0 Å². The number of amides is 1. The third-order valence-corrected chi connectivity index (χ3v) is 6.90. The van der Waals surface area contributed by atoms with Crippen molar-refractivity contribution in [1.29, 1.82) is 0 Å². The van der Waals surface area contributed by atoms with E-state index in [1.807, 2.05) is 25.7 Å². The van der Waals surface area contributed by atoms with Gasteiger partial charge in [-0.05, 0) is 44.9 Å². The number of halogens is 1. The number of carbonyl (C=O) groups is 1. The fourth-order valence-corrected chi connectivity index (χ4v) is 4.78. The Morgan fingerprint density at radius 2 is 1.94 bits per heavy atom. The number of rotatable bonds is 3. The minimum Gasteiger partial charge on any atom is -0.387 e. The number of benzene rings is 1. The third-order valence-electron chi connectivity index (χ3n) is 6.90. The molecule has 5 rings (SSSR count). The second-order valence-corrected chi connectivity index (χ2v) is 8.66. The fourth-order valence-electron chi connectivity index (χ4n) is 4.78. The quantitative estimate of drug-likeness (QED) is 0.757. The number of piperidine rings is 1. The van der Waals surface area contributed by atoms with E-state index in [0.29, 0.717) is 36.6 Å². The Hall–Kier alpha value is -3.03. The molecule has 2 fully saturated rings. The number of nitrogens with zero attached hydrogens (tertiary/aromatic N) is 5. The van der Waals surface area contributed by atoms with Crippen LogP contribution in [0.25, 0.3) is 0 Å². The highest BCUT2D eigenvalue weighted by molar-refractivity contribution is 5.97. The number of aryl methyl sites for hydroxylation is 2. The van der Waals surface area contributed by atoms with Crippen LogP contribution in [0.2, 0.25) is 0 Å². The number of likely N-dealkylation sites (tertiary alicyclic amines) is 1. The molecule has 2 aromatic rings. The Morgan fingerprint density at radius 3 is 2.65 bits per heavy atom. The van der Waals surface area contributed by atoms with Crippen molar-refractivity contribution in [3.63, 3.8) is 0 Å². The summed E-state index contributed by atoms with van der Waals surface area (Å²) in [4.78, 5) is 32.1. The Balaban J connectivity index is 1.38. The van der Waals surface area contributed by atoms with Crippen LogP contribution in [-0.4, -0.2) is 52.7 Å². The average Bonchev–Trinajstić information content (AvgIpc) is 3.26. The molecular formula is C23H26FN5O2. The SMILES string of the molecule is Cc1nc(N2CC[C@@H]3CN(C(=O)c4cccc(F)c4C4CC=NO4)[C@@H]3C2)nc(C)c1C. The first-order chi connectivity index (χ1) is 14.9. The number of fused-ring (bicyclic) bond motifs is 1. The van der Waals surface area contributed by atoms with Gasteiger partial charge >= 0.3 is 0 Å². The van der Waals surface area contributed by atoms with Gasteiger partial charge in [0.25, 0.3) is 5.91 Å². The summed E-state index contributed by atoms with van der Waals surface area (Å²) in [5.74, 6) is 0.602. The Morgan fingerprint density at radius 1 is 1.16 bits per heavy atom. The normalized spacial score (nSPS) is 24.6. The molecule has 2 saturated heterocycles. The van der Waals surface area contributed by atoms with Crippen LogP contribution in [0.3, 0.4) is 0 Å². The van der Waals surface area contributed by atoms with Crippen molar-refractivity contribution in [2.24, 2.45) is 11.1 Å². The average molecular weight is 423 g/mol. The van der Waals surface area contributed by atoms with Crippen LogP contribution in [0.1, 0.15) is 51.8 Å². The van der Waals surface area contributed by atoms with E-state index in [0.717, 1.165) is 35.9 Å². The van der Waals surface area contributed by atoms with E-state index < -0.39 is 11.9 Å². The first-order valence-corrected chi connectivity index (χ1v) is 10.8. The van der Waals surface area contributed by atoms with Crippen molar-refractivity contribution in [2.75, 3.05) is 24.5 Å². The Labute approximate surface area is 180 Å². The zero-order chi connectivity index (χ0) is 21.7. The summed E-state index contributed by atoms with van der Waals surface area (Å²) in [7, 11) is 0. The van der Waals surface area contributed by atoms with Gasteiger partial charge in [0.1, 0.15) is 5.82 Å². The van der Waals surface area contributed by atoms with Crippen LogP contribution in [0.5, 0.6) is 0 Å². The largest absolute Gasteiger partial charge is 0.387 e. The molecule has 3 aliphatic heterocycles. The topological polar surface area (TPSA) is 70.9 Å². The lowest BCUT2D eigenvalue weighted by atomic mass is 9.81. The van der Waals surface area contributed by atoms with Crippen LogP contribution in [0, 0.1) is 32.5 Å². The second-order valence-electron chi connectivity index (χ2n) is 8.66. The van der Waals surface area contributed by atoms with Crippen molar-refractivity contribution in [3.8, 4) is 0 Å². The summed E-state index contributed by atoms with van der Waals surface area (Å²) in [6, 6.07) is 4.71. The molecule has 0 spiro atoms. The molecule has 1 aromatic carbocycles. The van der Waals surface area contributed by atoms with Crippen LogP contribution in [0.4, 0.5) is 10.3 Å². The van der Waals surface area contributed by atoms with Crippen molar-refractivity contribution >= 4 is 18.1 Å². The van der Waals surface area contributed by atoms with Gasteiger partial charge < -0.3 is 14.6 Å². The number of anilines is 1. The molecule has 0 bridgehead atoms. The lowest BCUT2D eigenvalue weighted by molar-refractivity contribution is 0.00691. The Kier molecular flexibility index (Phi) is 4.87. The summed E-state index contributed by atoms with van der Waals surface area (Å²) < 4.78 is 14.6. The number of hydrogen-bond acceptors (Lipinski definition) is 6. The molecule has 0 saturated carbocycles. The van der Waals surface area contributed by atoms with Gasteiger partial charge in [-0.25, -0.2) is 14.4 Å². The maximum Gasteiger partial charge on any atom is 0.254 e. The molecular weight excluding hydrogens is 397 g/mol. The summed E-state index contributed by atoms with van der Waals surface area (Å²) in [5.41, 5.74) is 3.73. The van der Waals surface area contributed by atoms with Crippen LogP contribution < -0.4 is 4.90 Å². The molecule has 0 N–H and O–H groups in total. The van der Waals surface area contributed by atoms with Gasteiger partial charge in [0, 0.05) is 60.7 Å². The van der Waals surface area contributed by atoms with Crippen molar-refractivity contribution in [3.05, 3.63) is 52.1 Å². The molecule has 0 radical (unpaired) electrons. The van der Waals surface area contributed by atoms with Crippen molar-refractivity contribution in [2.45, 2.75) is 45.8 Å². The molecule has 3 atom stereocenters. The van der Waals surface area contributed by atoms with Gasteiger partial charge in [-0.3, -0.25) is 4.79 Å². The third kappa shape index (κ3) is 3.34. The highest BCUT2D eigenvalue weighted by Gasteiger charge is 2.46. The summed E-state index contributed by atoms with van der Waals surface area (Å²) >= 11 is 0. The van der Waals surface area contributed by atoms with Gasteiger partial charge in [-0.1, -0.05) is 11.2 Å². The highest BCUT2D eigenvalue weighted by atomic mass is 19.1. The van der Waals surface area contributed by atoms with E-state index in [-0.39, 0.29) is 11.9 Å². The minimum atomic E-state index is -0.549. The van der Waals surface area contributed by atoms with Gasteiger partial charge in [0.05, 0.1) is 6.04 Å². The minimum absolute atomic E-state index is 0.0728. The van der Waals surface area contributed by atoms with Crippen molar-refractivity contribution in [1.82, 2.24) is 14.9 Å². The summed E-state index contributed by atoms with van der Waals surface area (Å²) in [6.45, 7) is 8.29. The monoisotopic (exact) mass is 423 g/mol. The first kappa shape index (κ1) is 19.9. The Bertz CT molecular complexity index is 1040. The lowest BCUT2D eigenvalue weighted by Gasteiger charge is -2.53. The second kappa shape index (κ2) is 7.59. The standard InChI is InChI=1S/C23H26FN5O2/c1-13-14(2)26-23(27-15(13)3)28-10-8-16-11-29(19(16)12-28)22(30)17-5-4-6-18(24)21(17)20-7-9-25-31-20/h4-6,9,16,19-20H,7-8,10-12H2,1-3H3/t16-,19-,20?/m1/s1. The fraction of sp³-hybridized carbons (Fsp3) is 0.478. The molecule has 4 heterocycles. The highest BCUT2D eigenvalue weighted by Crippen LogP contribution is 2.37. The molecule has 162 valence electrons. The summed E-state index contributed by atoms with van der Waals surface area (Å²) in [6.07, 6.45) is 2.51. The van der Waals surface area contributed by atoms with E-state index in [9.17, 15) is 9.18 Å². The molecule has 31 heavy (non-hydrogen) atoms. The van der Waals surface area contributed by atoms with Gasteiger partial charge in [-0.15, -0.1) is 0 Å². The smallest absolute Gasteiger partial charge is 0.254 e. The zero-order valence-corrected chi connectivity index (χ0v) is 18.0. The predicted octanol–water partition coefficient (Wildman–Crippen LogP) is 3.34. The molecule has 1 amide bonds. The zero-order valence-electron chi connectivity index (χ0n) is 18.0. The van der Waals surface area contributed by atoms with Gasteiger partial charge in [0.2, 0.25) is 5.95 Å². The molecule has 1 unspecified atom stereocenters. The molecule has 0 aliphatic carbocycles. The maximum absolute atomic E-state index is 14.6. The molecule has 8 heteroatoms. The van der Waals surface area contributed by atoms with E-state index in [4.69, 9.17) is 4.84 Å².